The fourth-order valence-corrected chi connectivity index (χ4v) is 1.74. The van der Waals surface area contributed by atoms with E-state index >= 15 is 0 Å². The smallest absolute Gasteiger partial charge is 0.387 e. The number of ether oxygens (including phenoxy) is 2. The molecule has 0 fully saturated rings. The lowest BCUT2D eigenvalue weighted by Crippen LogP contribution is -2.06. The van der Waals surface area contributed by atoms with Gasteiger partial charge in [0.05, 0.1) is 5.02 Å². The van der Waals surface area contributed by atoms with Gasteiger partial charge >= 0.3 is 13.2 Å². The fraction of sp³-hybridized carbons (Fsp3) is 0.333. The van der Waals surface area contributed by atoms with E-state index in [1.54, 1.807) is 0 Å². The van der Waals surface area contributed by atoms with Crippen molar-refractivity contribution in [3.05, 3.63) is 22.7 Å². The summed E-state index contributed by atoms with van der Waals surface area (Å²) < 4.78 is 56.4. The summed E-state index contributed by atoms with van der Waals surface area (Å²) in [4.78, 5) is 0. The molecular formula is C9H6BrClF4O2. The Hall–Kier alpha value is -0.690. The Labute approximate surface area is 108 Å². The fourth-order valence-electron chi connectivity index (χ4n) is 1.07. The molecule has 1 aromatic rings. The van der Waals surface area contributed by atoms with Crippen LogP contribution >= 0.6 is 27.5 Å². The van der Waals surface area contributed by atoms with Crippen molar-refractivity contribution in [3.63, 3.8) is 0 Å². The van der Waals surface area contributed by atoms with Gasteiger partial charge in [0.2, 0.25) is 0 Å². The first-order chi connectivity index (χ1) is 7.93. The second-order valence-corrected chi connectivity index (χ2v) is 3.75. The van der Waals surface area contributed by atoms with Crippen molar-refractivity contribution in [3.8, 4) is 11.5 Å². The summed E-state index contributed by atoms with van der Waals surface area (Å²) in [5.41, 5.74) is 0.303. The maximum Gasteiger partial charge on any atom is 0.387 e. The first kappa shape index (κ1) is 14.4. The van der Waals surface area contributed by atoms with Gasteiger partial charge in [-0.25, -0.2) is 0 Å². The second-order valence-electron chi connectivity index (χ2n) is 2.78. The van der Waals surface area contributed by atoms with Crippen LogP contribution in [0.25, 0.3) is 0 Å². The van der Waals surface area contributed by atoms with Gasteiger partial charge < -0.3 is 9.47 Å². The quantitative estimate of drug-likeness (QED) is 0.584. The molecule has 0 atom stereocenters. The second kappa shape index (κ2) is 6.30. The zero-order chi connectivity index (χ0) is 13.0. The molecule has 8 heteroatoms. The minimum absolute atomic E-state index is 0.110. The van der Waals surface area contributed by atoms with Crippen LogP contribution in [0.5, 0.6) is 11.5 Å². The Morgan fingerprint density at radius 3 is 2.06 bits per heavy atom. The van der Waals surface area contributed by atoms with Crippen molar-refractivity contribution >= 4 is 27.5 Å². The highest BCUT2D eigenvalue weighted by Crippen LogP contribution is 2.35. The molecule has 1 rings (SSSR count). The molecule has 0 saturated heterocycles. The number of hydrogen-bond acceptors (Lipinski definition) is 2. The highest BCUT2D eigenvalue weighted by molar-refractivity contribution is 9.08. The summed E-state index contributed by atoms with van der Waals surface area (Å²) in [5, 5.41) is 0.0744. The van der Waals surface area contributed by atoms with Crippen LogP contribution in [-0.2, 0) is 5.33 Å². The highest BCUT2D eigenvalue weighted by Gasteiger charge is 2.16. The van der Waals surface area contributed by atoms with E-state index in [-0.39, 0.29) is 16.1 Å². The maximum absolute atomic E-state index is 12.1. The van der Waals surface area contributed by atoms with Gasteiger partial charge in [0.25, 0.3) is 0 Å². The molecule has 0 heterocycles. The third-order valence-electron chi connectivity index (χ3n) is 1.69. The molecule has 96 valence electrons. The molecule has 0 aliphatic carbocycles. The molecule has 2 nitrogen and oxygen atoms in total. The van der Waals surface area contributed by atoms with Gasteiger partial charge in [-0.05, 0) is 6.07 Å². The van der Waals surface area contributed by atoms with Gasteiger partial charge in [-0.3, -0.25) is 0 Å². The standard InChI is InChI=1S/C9H6BrClF4O2/c10-3-4-1-5(11)7(17-9(14)15)2-6(4)16-8(12)13/h1-2,8-9H,3H2. The van der Waals surface area contributed by atoms with Crippen LogP contribution in [0.4, 0.5) is 17.6 Å². The Balaban J connectivity index is 3.08. The van der Waals surface area contributed by atoms with E-state index in [1.807, 2.05) is 0 Å². The third-order valence-corrected chi connectivity index (χ3v) is 2.59. The predicted molar refractivity (Wildman–Crippen MR) is 57.3 cm³/mol. The van der Waals surface area contributed by atoms with Crippen molar-refractivity contribution in [2.24, 2.45) is 0 Å². The third kappa shape index (κ3) is 4.23. The van der Waals surface area contributed by atoms with Crippen molar-refractivity contribution in [1.29, 1.82) is 0 Å². The van der Waals surface area contributed by atoms with Crippen molar-refractivity contribution < 1.29 is 27.0 Å². The minimum atomic E-state index is -3.10. The topological polar surface area (TPSA) is 18.5 Å². The number of halogens is 6. The van der Waals surface area contributed by atoms with Gasteiger partial charge in [-0.1, -0.05) is 27.5 Å². The Bertz CT molecular complexity index is 390. The molecule has 0 radical (unpaired) electrons. The van der Waals surface area contributed by atoms with Gasteiger partial charge in [-0.2, -0.15) is 17.6 Å². The maximum atomic E-state index is 12.1. The van der Waals surface area contributed by atoms with Gasteiger partial charge in [0.1, 0.15) is 11.5 Å². The van der Waals surface area contributed by atoms with Crippen LogP contribution in [-0.4, -0.2) is 13.2 Å². The van der Waals surface area contributed by atoms with Crippen LogP contribution in [0.2, 0.25) is 5.02 Å². The molecule has 0 amide bonds. The van der Waals surface area contributed by atoms with Crippen molar-refractivity contribution in [2.45, 2.75) is 18.6 Å². The van der Waals surface area contributed by atoms with Crippen LogP contribution in [0.1, 0.15) is 5.56 Å². The number of hydrogen-bond donors (Lipinski definition) is 0. The lowest BCUT2D eigenvalue weighted by atomic mass is 10.2. The molecule has 1 aromatic carbocycles. The molecule has 0 N–H and O–H groups in total. The molecule has 0 aliphatic rings. The first-order valence-corrected chi connectivity index (χ1v) is 5.72. The van der Waals surface area contributed by atoms with E-state index in [4.69, 9.17) is 11.6 Å². The predicted octanol–water partition coefficient (Wildman–Crippen LogP) is 4.44. The molecule has 0 aromatic heterocycles. The van der Waals surface area contributed by atoms with Crippen molar-refractivity contribution in [2.75, 3.05) is 0 Å². The number of benzene rings is 1. The van der Waals surface area contributed by atoms with E-state index in [1.165, 1.54) is 6.07 Å². The average Bonchev–Trinajstić information content (AvgIpc) is 2.21. The summed E-state index contributed by atoms with van der Waals surface area (Å²) in [6, 6.07) is 2.11. The van der Waals surface area contributed by atoms with Gasteiger partial charge in [0.15, 0.2) is 0 Å². The molecule has 0 unspecified atom stereocenters. The zero-order valence-electron chi connectivity index (χ0n) is 8.10. The van der Waals surface area contributed by atoms with Crippen LogP contribution in [0.15, 0.2) is 12.1 Å². The summed E-state index contributed by atoms with van der Waals surface area (Å²) >= 11 is 8.67. The number of alkyl halides is 5. The Kier molecular flexibility index (Phi) is 5.32. The molecule has 0 aliphatic heterocycles. The molecule has 17 heavy (non-hydrogen) atoms. The lowest BCUT2D eigenvalue weighted by molar-refractivity contribution is -0.0545. The first-order valence-electron chi connectivity index (χ1n) is 4.22. The summed E-state index contributed by atoms with van der Waals surface area (Å²) in [7, 11) is 0. The van der Waals surface area contributed by atoms with E-state index < -0.39 is 19.0 Å². The SMILES string of the molecule is FC(F)Oc1cc(OC(F)F)c(CBr)cc1Cl. The molecule has 0 bridgehead atoms. The van der Waals surface area contributed by atoms with Crippen LogP contribution < -0.4 is 9.47 Å². The summed E-state index contributed by atoms with van der Waals surface area (Å²) in [5.74, 6) is -0.682. The van der Waals surface area contributed by atoms with Crippen molar-refractivity contribution in [1.82, 2.24) is 0 Å². The lowest BCUT2D eigenvalue weighted by Gasteiger charge is -2.13. The van der Waals surface area contributed by atoms with Crippen LogP contribution in [0.3, 0.4) is 0 Å². The molecular weight excluding hydrogens is 331 g/mol. The normalized spacial score (nSPS) is 11.1. The summed E-state index contributed by atoms with van der Waals surface area (Å²) in [6.45, 7) is -6.16. The summed E-state index contributed by atoms with van der Waals surface area (Å²) in [6.07, 6.45) is 0. The van der Waals surface area contributed by atoms with E-state index in [9.17, 15) is 17.6 Å². The van der Waals surface area contributed by atoms with E-state index in [0.717, 1.165) is 6.07 Å². The minimum Gasteiger partial charge on any atom is -0.434 e. The largest absolute Gasteiger partial charge is 0.434 e. The van der Waals surface area contributed by atoms with Gasteiger partial charge in [-0.15, -0.1) is 0 Å². The highest BCUT2D eigenvalue weighted by atomic mass is 79.9. The van der Waals surface area contributed by atoms with Gasteiger partial charge in [0, 0.05) is 17.0 Å². The number of rotatable bonds is 5. The Morgan fingerprint density at radius 1 is 1.06 bits per heavy atom. The van der Waals surface area contributed by atoms with E-state index in [0.29, 0.717) is 5.56 Å². The van der Waals surface area contributed by atoms with E-state index in [2.05, 4.69) is 25.4 Å². The zero-order valence-corrected chi connectivity index (χ0v) is 10.4. The monoisotopic (exact) mass is 336 g/mol. The Morgan fingerprint density at radius 2 is 1.59 bits per heavy atom. The van der Waals surface area contributed by atoms with Crippen LogP contribution in [0, 0.1) is 0 Å². The molecule has 0 spiro atoms. The average molecular weight is 337 g/mol. The molecule has 0 saturated carbocycles.